The molecule has 156 valence electrons. The maximum atomic E-state index is 13.2. The van der Waals surface area contributed by atoms with Gasteiger partial charge in [0.25, 0.3) is 11.8 Å². The second-order valence-electron chi connectivity index (χ2n) is 7.66. The summed E-state index contributed by atoms with van der Waals surface area (Å²) in [7, 11) is 0. The van der Waals surface area contributed by atoms with E-state index < -0.39 is 0 Å². The summed E-state index contributed by atoms with van der Waals surface area (Å²) in [6.45, 7) is 6.36. The first kappa shape index (κ1) is 20.4. The molecule has 0 aliphatic carbocycles. The number of thiophene rings is 1. The van der Waals surface area contributed by atoms with Gasteiger partial charge in [0, 0.05) is 24.0 Å². The Balaban J connectivity index is 1.62. The minimum absolute atomic E-state index is 0.00859. The van der Waals surface area contributed by atoms with Gasteiger partial charge >= 0.3 is 0 Å². The maximum Gasteiger partial charge on any atom is 0.270 e. The number of rotatable bonds is 5. The normalized spacial score (nSPS) is 19.8. The predicted octanol–water partition coefficient (Wildman–Crippen LogP) is 4.24. The van der Waals surface area contributed by atoms with Crippen molar-refractivity contribution in [2.24, 2.45) is 0 Å². The Morgan fingerprint density at radius 1 is 1.38 bits per heavy atom. The van der Waals surface area contributed by atoms with E-state index in [9.17, 15) is 9.59 Å². The molecule has 29 heavy (non-hydrogen) atoms. The van der Waals surface area contributed by atoms with Gasteiger partial charge in [0.2, 0.25) is 0 Å². The molecule has 0 radical (unpaired) electrons. The lowest BCUT2D eigenvalue weighted by atomic mass is 10.1. The number of likely N-dealkylation sites (tertiary alicyclic amines) is 1. The third-order valence-electron chi connectivity index (χ3n) is 5.84. The summed E-state index contributed by atoms with van der Waals surface area (Å²) in [6, 6.07) is 5.67. The molecule has 6 nitrogen and oxygen atoms in total. The van der Waals surface area contributed by atoms with Crippen molar-refractivity contribution in [1.82, 2.24) is 14.8 Å². The average molecular weight is 436 g/mol. The van der Waals surface area contributed by atoms with E-state index in [1.165, 1.54) is 11.3 Å². The standard InChI is InChI=1S/C21H26ClN3O3S/c1-3-15(18-6-7-19(22)29-18)23-20(26)14-11-16(25-9-10-28-12-17(14)25)21(27)24-8-4-5-13(24)2/h6-7,11,13,15H,3-5,8-10,12H2,1-2H3,(H,23,26). The molecule has 0 spiro atoms. The van der Waals surface area contributed by atoms with Crippen molar-refractivity contribution in [3.05, 3.63) is 44.4 Å². The third-order valence-corrected chi connectivity index (χ3v) is 7.18. The first-order chi connectivity index (χ1) is 14.0. The molecule has 0 saturated carbocycles. The fraction of sp³-hybridized carbons (Fsp3) is 0.524. The summed E-state index contributed by atoms with van der Waals surface area (Å²) in [5.74, 6) is -0.168. The molecular formula is C21H26ClN3O3S. The van der Waals surface area contributed by atoms with Crippen molar-refractivity contribution in [3.8, 4) is 0 Å². The van der Waals surface area contributed by atoms with E-state index in [4.69, 9.17) is 16.3 Å². The van der Waals surface area contributed by atoms with Crippen molar-refractivity contribution >= 4 is 34.8 Å². The molecule has 4 heterocycles. The molecule has 2 unspecified atom stereocenters. The smallest absolute Gasteiger partial charge is 0.270 e. The number of aromatic nitrogens is 1. The van der Waals surface area contributed by atoms with Crippen LogP contribution in [0.5, 0.6) is 0 Å². The molecule has 0 bridgehead atoms. The highest BCUT2D eigenvalue weighted by molar-refractivity contribution is 7.16. The molecule has 0 aromatic carbocycles. The van der Waals surface area contributed by atoms with Crippen LogP contribution in [0.25, 0.3) is 0 Å². The number of ether oxygens (including phenoxy) is 1. The van der Waals surface area contributed by atoms with Crippen LogP contribution in [0.15, 0.2) is 18.2 Å². The van der Waals surface area contributed by atoms with E-state index in [0.29, 0.717) is 35.4 Å². The average Bonchev–Trinajstić information content (AvgIpc) is 3.43. The number of amides is 2. The van der Waals surface area contributed by atoms with Crippen LogP contribution in [0.4, 0.5) is 0 Å². The summed E-state index contributed by atoms with van der Waals surface area (Å²) in [5.41, 5.74) is 1.90. The topological polar surface area (TPSA) is 63.6 Å². The highest BCUT2D eigenvalue weighted by Gasteiger charge is 2.32. The third kappa shape index (κ3) is 3.96. The lowest BCUT2D eigenvalue weighted by Crippen LogP contribution is -2.35. The zero-order valence-corrected chi connectivity index (χ0v) is 18.3. The zero-order valence-electron chi connectivity index (χ0n) is 16.7. The number of hydrogen-bond donors (Lipinski definition) is 1. The second-order valence-corrected chi connectivity index (χ2v) is 9.41. The SMILES string of the molecule is CCC(NC(=O)c1cc(C(=O)N2CCCC2C)n2c1COCC2)c1ccc(Cl)s1. The van der Waals surface area contributed by atoms with Gasteiger partial charge in [-0.3, -0.25) is 9.59 Å². The van der Waals surface area contributed by atoms with Gasteiger partial charge in [-0.2, -0.15) is 0 Å². The van der Waals surface area contributed by atoms with Crippen molar-refractivity contribution < 1.29 is 14.3 Å². The first-order valence-electron chi connectivity index (χ1n) is 10.2. The Labute approximate surface area is 179 Å². The Hall–Kier alpha value is -1.83. The van der Waals surface area contributed by atoms with Crippen LogP contribution in [0.3, 0.4) is 0 Å². The molecule has 2 aliphatic rings. The van der Waals surface area contributed by atoms with Crippen LogP contribution in [0, 0.1) is 0 Å². The minimum Gasteiger partial charge on any atom is -0.373 e. The van der Waals surface area contributed by atoms with Gasteiger partial charge in [-0.15, -0.1) is 11.3 Å². The summed E-state index contributed by atoms with van der Waals surface area (Å²) < 4.78 is 8.28. The van der Waals surface area contributed by atoms with Gasteiger partial charge in [0.05, 0.1) is 34.8 Å². The molecule has 2 aromatic rings. The van der Waals surface area contributed by atoms with Crippen LogP contribution < -0.4 is 5.32 Å². The van der Waals surface area contributed by atoms with Crippen molar-refractivity contribution in [2.75, 3.05) is 13.2 Å². The molecule has 4 rings (SSSR count). The van der Waals surface area contributed by atoms with Crippen LogP contribution in [0.2, 0.25) is 4.34 Å². The molecule has 1 fully saturated rings. The number of halogens is 1. The lowest BCUT2D eigenvalue weighted by Gasteiger charge is -2.24. The van der Waals surface area contributed by atoms with E-state index in [1.54, 1.807) is 6.07 Å². The molecule has 2 aromatic heterocycles. The van der Waals surface area contributed by atoms with Crippen LogP contribution in [0.1, 0.15) is 70.6 Å². The molecular weight excluding hydrogens is 410 g/mol. The fourth-order valence-electron chi connectivity index (χ4n) is 4.21. The minimum atomic E-state index is -0.177. The lowest BCUT2D eigenvalue weighted by molar-refractivity contribution is 0.0683. The highest BCUT2D eigenvalue weighted by Crippen LogP contribution is 2.30. The summed E-state index contributed by atoms with van der Waals surface area (Å²) in [4.78, 5) is 29.3. The Morgan fingerprint density at radius 2 is 2.21 bits per heavy atom. The van der Waals surface area contributed by atoms with Gasteiger partial charge in [0.1, 0.15) is 5.69 Å². The number of nitrogens with one attached hydrogen (secondary N) is 1. The van der Waals surface area contributed by atoms with Gasteiger partial charge < -0.3 is 19.5 Å². The fourth-order valence-corrected chi connectivity index (χ4v) is 5.40. The van der Waals surface area contributed by atoms with Gasteiger partial charge in [0.15, 0.2) is 0 Å². The Bertz CT molecular complexity index is 922. The Morgan fingerprint density at radius 3 is 2.86 bits per heavy atom. The van der Waals surface area contributed by atoms with E-state index in [-0.39, 0.29) is 23.9 Å². The highest BCUT2D eigenvalue weighted by atomic mass is 35.5. The second kappa shape index (κ2) is 8.50. The summed E-state index contributed by atoms with van der Waals surface area (Å²) in [6.07, 6.45) is 2.81. The zero-order chi connectivity index (χ0) is 20.5. The van der Waals surface area contributed by atoms with E-state index in [0.717, 1.165) is 36.4 Å². The van der Waals surface area contributed by atoms with Gasteiger partial charge in [-0.1, -0.05) is 18.5 Å². The molecule has 1 N–H and O–H groups in total. The number of hydrogen-bond acceptors (Lipinski definition) is 4. The van der Waals surface area contributed by atoms with Crippen molar-refractivity contribution in [1.29, 1.82) is 0 Å². The number of carbonyl (C=O) groups excluding carboxylic acids is 2. The number of carbonyl (C=O) groups is 2. The first-order valence-corrected chi connectivity index (χ1v) is 11.4. The van der Waals surface area contributed by atoms with Crippen molar-refractivity contribution in [3.63, 3.8) is 0 Å². The number of nitrogens with zero attached hydrogens (tertiary/aromatic N) is 2. The summed E-state index contributed by atoms with van der Waals surface area (Å²) in [5, 5.41) is 3.11. The molecule has 8 heteroatoms. The maximum absolute atomic E-state index is 13.2. The van der Waals surface area contributed by atoms with E-state index in [1.807, 2.05) is 28.5 Å². The molecule has 2 amide bonds. The monoisotopic (exact) mass is 435 g/mol. The number of fused-ring (bicyclic) bond motifs is 1. The molecule has 2 aliphatic heterocycles. The van der Waals surface area contributed by atoms with Crippen molar-refractivity contribution in [2.45, 2.75) is 58.3 Å². The van der Waals surface area contributed by atoms with Crippen LogP contribution in [-0.2, 0) is 17.9 Å². The Kier molecular flexibility index (Phi) is 5.99. The predicted molar refractivity (Wildman–Crippen MR) is 114 cm³/mol. The quantitative estimate of drug-likeness (QED) is 0.764. The molecule has 1 saturated heterocycles. The van der Waals surface area contributed by atoms with E-state index in [2.05, 4.69) is 12.2 Å². The molecule has 2 atom stereocenters. The van der Waals surface area contributed by atoms with Crippen LogP contribution >= 0.6 is 22.9 Å². The van der Waals surface area contributed by atoms with Gasteiger partial charge in [-0.25, -0.2) is 0 Å². The van der Waals surface area contributed by atoms with Crippen LogP contribution in [-0.4, -0.2) is 40.5 Å². The van der Waals surface area contributed by atoms with E-state index >= 15 is 0 Å². The van der Waals surface area contributed by atoms with Gasteiger partial charge in [-0.05, 0) is 44.4 Å². The summed E-state index contributed by atoms with van der Waals surface area (Å²) >= 11 is 7.54. The largest absolute Gasteiger partial charge is 0.373 e.